The number of rotatable bonds is 3. The zero-order valence-electron chi connectivity index (χ0n) is 12.7. The molecule has 1 aromatic heterocycles. The Hall–Kier alpha value is -2.29. The van der Waals surface area contributed by atoms with Gasteiger partial charge >= 0.3 is 0 Å². The molecular formula is C18H20N2O. The molecule has 0 aliphatic carbocycles. The summed E-state index contributed by atoms with van der Waals surface area (Å²) < 4.78 is 2.26. The van der Waals surface area contributed by atoms with Gasteiger partial charge in [0.2, 0.25) is 0 Å². The van der Waals surface area contributed by atoms with Crippen molar-refractivity contribution in [2.75, 3.05) is 0 Å². The van der Waals surface area contributed by atoms with Crippen LogP contribution in [-0.4, -0.2) is 14.7 Å². The summed E-state index contributed by atoms with van der Waals surface area (Å²) in [6.07, 6.45) is 1.06. The fraction of sp³-hybridized carbons (Fsp3) is 0.278. The minimum Gasteiger partial charge on any atom is -0.508 e. The molecule has 3 rings (SSSR count). The van der Waals surface area contributed by atoms with E-state index in [0.717, 1.165) is 35.4 Å². The van der Waals surface area contributed by atoms with E-state index >= 15 is 0 Å². The summed E-state index contributed by atoms with van der Waals surface area (Å²) in [5.74, 6) is 1.30. The molecule has 1 heterocycles. The van der Waals surface area contributed by atoms with Gasteiger partial charge in [-0.3, -0.25) is 0 Å². The zero-order chi connectivity index (χ0) is 15.0. The van der Waals surface area contributed by atoms with E-state index < -0.39 is 0 Å². The van der Waals surface area contributed by atoms with E-state index in [2.05, 4.69) is 36.6 Å². The van der Waals surface area contributed by atoms with E-state index in [0.29, 0.717) is 5.75 Å². The van der Waals surface area contributed by atoms with Crippen molar-refractivity contribution in [3.63, 3.8) is 0 Å². The monoisotopic (exact) mass is 280 g/mol. The second-order valence-electron chi connectivity index (χ2n) is 5.58. The van der Waals surface area contributed by atoms with Crippen LogP contribution in [0.3, 0.4) is 0 Å². The molecule has 0 unspecified atom stereocenters. The summed E-state index contributed by atoms with van der Waals surface area (Å²) in [5, 5.41) is 9.71. The van der Waals surface area contributed by atoms with Crippen molar-refractivity contribution in [1.82, 2.24) is 9.55 Å². The molecule has 2 aromatic carbocycles. The largest absolute Gasteiger partial charge is 0.508 e. The van der Waals surface area contributed by atoms with Crippen molar-refractivity contribution in [2.24, 2.45) is 0 Å². The van der Waals surface area contributed by atoms with E-state index in [1.807, 2.05) is 19.1 Å². The average molecular weight is 280 g/mol. The predicted molar refractivity (Wildman–Crippen MR) is 86.6 cm³/mol. The molecule has 0 atom stereocenters. The van der Waals surface area contributed by atoms with Crippen LogP contribution in [0.2, 0.25) is 0 Å². The fourth-order valence-corrected chi connectivity index (χ4v) is 2.70. The Kier molecular flexibility index (Phi) is 3.42. The van der Waals surface area contributed by atoms with Gasteiger partial charge in [0, 0.05) is 12.1 Å². The maximum absolute atomic E-state index is 9.71. The maximum atomic E-state index is 9.71. The van der Waals surface area contributed by atoms with Gasteiger partial charge in [0.1, 0.15) is 11.6 Å². The molecule has 108 valence electrons. The van der Waals surface area contributed by atoms with E-state index in [-0.39, 0.29) is 0 Å². The normalized spacial score (nSPS) is 11.2. The van der Waals surface area contributed by atoms with Crippen LogP contribution in [0.15, 0.2) is 36.4 Å². The first-order chi connectivity index (χ1) is 10.1. The number of phenolic OH excluding ortho intramolecular Hbond substituents is 1. The standard InChI is InChI=1S/C18H20N2O/c1-4-9-20-16-7-5-12(2)10-15(16)19-18(20)14-6-8-17(21)13(3)11-14/h5-8,10-11,21H,4,9H2,1-3H3. The summed E-state index contributed by atoms with van der Waals surface area (Å²) in [7, 11) is 0. The third-order valence-corrected chi connectivity index (χ3v) is 3.81. The van der Waals surface area contributed by atoms with Crippen LogP contribution < -0.4 is 0 Å². The number of hydrogen-bond donors (Lipinski definition) is 1. The number of hydrogen-bond acceptors (Lipinski definition) is 2. The Morgan fingerprint density at radius 1 is 1.10 bits per heavy atom. The first-order valence-corrected chi connectivity index (χ1v) is 7.37. The van der Waals surface area contributed by atoms with E-state index in [4.69, 9.17) is 4.98 Å². The molecule has 0 aliphatic rings. The Morgan fingerprint density at radius 3 is 2.62 bits per heavy atom. The topological polar surface area (TPSA) is 38.0 Å². The molecule has 21 heavy (non-hydrogen) atoms. The zero-order valence-corrected chi connectivity index (χ0v) is 12.7. The average Bonchev–Trinajstić information content (AvgIpc) is 2.80. The van der Waals surface area contributed by atoms with Crippen molar-refractivity contribution < 1.29 is 5.11 Å². The van der Waals surface area contributed by atoms with Crippen LogP contribution in [0, 0.1) is 13.8 Å². The lowest BCUT2D eigenvalue weighted by molar-refractivity contribution is 0.471. The van der Waals surface area contributed by atoms with Crippen molar-refractivity contribution in [3.8, 4) is 17.1 Å². The molecule has 0 radical (unpaired) electrons. The second kappa shape index (κ2) is 5.24. The van der Waals surface area contributed by atoms with Gasteiger partial charge in [-0.05, 0) is 61.7 Å². The van der Waals surface area contributed by atoms with Crippen LogP contribution >= 0.6 is 0 Å². The summed E-state index contributed by atoms with van der Waals surface area (Å²) in [5.41, 5.74) is 5.34. The smallest absolute Gasteiger partial charge is 0.141 e. The van der Waals surface area contributed by atoms with Crippen LogP contribution in [-0.2, 0) is 6.54 Å². The molecule has 0 saturated carbocycles. The van der Waals surface area contributed by atoms with Crippen molar-refractivity contribution in [2.45, 2.75) is 33.7 Å². The highest BCUT2D eigenvalue weighted by Crippen LogP contribution is 2.28. The summed E-state index contributed by atoms with van der Waals surface area (Å²) >= 11 is 0. The lowest BCUT2D eigenvalue weighted by Gasteiger charge is -2.09. The molecule has 0 spiro atoms. The van der Waals surface area contributed by atoms with Gasteiger partial charge in [-0.1, -0.05) is 13.0 Å². The number of phenols is 1. The molecule has 0 aliphatic heterocycles. The first-order valence-electron chi connectivity index (χ1n) is 7.37. The van der Waals surface area contributed by atoms with Crippen molar-refractivity contribution in [3.05, 3.63) is 47.5 Å². The first kappa shape index (κ1) is 13.7. The highest BCUT2D eigenvalue weighted by atomic mass is 16.3. The lowest BCUT2D eigenvalue weighted by Crippen LogP contribution is -1.99. The minimum absolute atomic E-state index is 0.327. The van der Waals surface area contributed by atoms with Gasteiger partial charge in [0.05, 0.1) is 11.0 Å². The highest BCUT2D eigenvalue weighted by molar-refractivity contribution is 5.81. The minimum atomic E-state index is 0.327. The number of aryl methyl sites for hydroxylation is 3. The Balaban J connectivity index is 2.24. The highest BCUT2D eigenvalue weighted by Gasteiger charge is 2.13. The Morgan fingerprint density at radius 2 is 1.90 bits per heavy atom. The number of nitrogens with zero attached hydrogens (tertiary/aromatic N) is 2. The Labute approximate surface area is 124 Å². The second-order valence-corrected chi connectivity index (χ2v) is 5.58. The quantitative estimate of drug-likeness (QED) is 0.770. The molecule has 0 fully saturated rings. The summed E-state index contributed by atoms with van der Waals surface area (Å²) in [6.45, 7) is 7.11. The van der Waals surface area contributed by atoms with E-state index in [9.17, 15) is 5.11 Å². The molecule has 3 aromatic rings. The van der Waals surface area contributed by atoms with Gasteiger partial charge < -0.3 is 9.67 Å². The summed E-state index contributed by atoms with van der Waals surface area (Å²) in [6, 6.07) is 12.1. The third-order valence-electron chi connectivity index (χ3n) is 3.81. The van der Waals surface area contributed by atoms with Crippen LogP contribution in [0.25, 0.3) is 22.4 Å². The molecule has 3 heteroatoms. The molecule has 0 bridgehead atoms. The van der Waals surface area contributed by atoms with E-state index in [1.165, 1.54) is 11.1 Å². The number of aromatic nitrogens is 2. The molecule has 3 nitrogen and oxygen atoms in total. The van der Waals surface area contributed by atoms with Crippen LogP contribution in [0.1, 0.15) is 24.5 Å². The maximum Gasteiger partial charge on any atom is 0.141 e. The van der Waals surface area contributed by atoms with Gasteiger partial charge in [0.25, 0.3) is 0 Å². The van der Waals surface area contributed by atoms with Crippen molar-refractivity contribution >= 4 is 11.0 Å². The number of benzene rings is 2. The number of fused-ring (bicyclic) bond motifs is 1. The molecule has 0 amide bonds. The fourth-order valence-electron chi connectivity index (χ4n) is 2.70. The van der Waals surface area contributed by atoms with Gasteiger partial charge in [-0.15, -0.1) is 0 Å². The molecular weight excluding hydrogens is 260 g/mol. The van der Waals surface area contributed by atoms with Gasteiger partial charge in [-0.25, -0.2) is 4.98 Å². The number of aromatic hydroxyl groups is 1. The predicted octanol–water partition coefficient (Wildman–Crippen LogP) is 4.44. The molecule has 1 N–H and O–H groups in total. The van der Waals surface area contributed by atoms with Crippen LogP contribution in [0.5, 0.6) is 5.75 Å². The molecule has 0 saturated heterocycles. The van der Waals surface area contributed by atoms with Gasteiger partial charge in [-0.2, -0.15) is 0 Å². The Bertz CT molecular complexity index is 802. The van der Waals surface area contributed by atoms with Gasteiger partial charge in [0.15, 0.2) is 0 Å². The number of imidazole rings is 1. The van der Waals surface area contributed by atoms with E-state index in [1.54, 1.807) is 6.07 Å². The van der Waals surface area contributed by atoms with Crippen LogP contribution in [0.4, 0.5) is 0 Å². The summed E-state index contributed by atoms with van der Waals surface area (Å²) in [4.78, 5) is 4.81. The SMILES string of the molecule is CCCn1c(-c2ccc(O)c(C)c2)nc2cc(C)ccc21. The van der Waals surface area contributed by atoms with Crippen molar-refractivity contribution in [1.29, 1.82) is 0 Å². The third kappa shape index (κ3) is 2.40. The lowest BCUT2D eigenvalue weighted by atomic mass is 10.1.